The summed E-state index contributed by atoms with van der Waals surface area (Å²) in [5, 5.41) is 9.64. The summed E-state index contributed by atoms with van der Waals surface area (Å²) in [5.41, 5.74) is 0.726. The van der Waals surface area contributed by atoms with Crippen molar-refractivity contribution in [3.05, 3.63) is 11.9 Å². The third-order valence-corrected chi connectivity index (χ3v) is 5.42. The van der Waals surface area contributed by atoms with Crippen LogP contribution in [0, 0.1) is 5.92 Å². The Bertz CT molecular complexity index is 520. The maximum atomic E-state index is 12.3. The van der Waals surface area contributed by atoms with Crippen LogP contribution >= 0.6 is 11.6 Å². The number of piperidine rings is 1. The van der Waals surface area contributed by atoms with Crippen molar-refractivity contribution in [1.29, 1.82) is 0 Å². The molecule has 126 valence electrons. The van der Waals surface area contributed by atoms with Crippen LogP contribution in [0.4, 0.5) is 0 Å². The second-order valence-corrected chi connectivity index (χ2v) is 7.01. The topological polar surface area (TPSA) is 74.1 Å². The Morgan fingerprint density at radius 3 is 2.57 bits per heavy atom. The van der Waals surface area contributed by atoms with Crippen molar-refractivity contribution >= 4 is 23.4 Å². The zero-order valence-electron chi connectivity index (χ0n) is 13.2. The van der Waals surface area contributed by atoms with Crippen LogP contribution in [0.15, 0.2) is 22.1 Å². The van der Waals surface area contributed by atoms with E-state index in [0.717, 1.165) is 44.5 Å². The number of nitrogens with one attached hydrogen (secondary N) is 1. The molecule has 1 unspecified atom stereocenters. The van der Waals surface area contributed by atoms with E-state index in [9.17, 15) is 9.59 Å². The minimum absolute atomic E-state index is 0.202. The maximum absolute atomic E-state index is 12.3. The molecule has 0 aromatic heterocycles. The lowest BCUT2D eigenvalue weighted by atomic mass is 9.88. The van der Waals surface area contributed by atoms with Crippen molar-refractivity contribution in [2.75, 3.05) is 13.1 Å². The van der Waals surface area contributed by atoms with Crippen molar-refractivity contribution in [2.45, 2.75) is 56.4 Å². The largest absolute Gasteiger partial charge is 0.372 e. The number of alkyl halides is 1. The average Bonchev–Trinajstić information content (AvgIpc) is 2.59. The zero-order valence-corrected chi connectivity index (χ0v) is 14.0. The van der Waals surface area contributed by atoms with E-state index in [2.05, 4.69) is 20.4 Å². The first-order valence-electron chi connectivity index (χ1n) is 8.49. The molecule has 7 heteroatoms. The lowest BCUT2D eigenvalue weighted by molar-refractivity contribution is -0.126. The molecule has 1 saturated carbocycles. The van der Waals surface area contributed by atoms with Crippen LogP contribution in [0.5, 0.6) is 0 Å². The van der Waals surface area contributed by atoms with Gasteiger partial charge in [-0.05, 0) is 25.7 Å². The number of rotatable bonds is 3. The van der Waals surface area contributed by atoms with Crippen LogP contribution < -0.4 is 5.32 Å². The van der Waals surface area contributed by atoms with Gasteiger partial charge in [0.2, 0.25) is 5.91 Å². The third kappa shape index (κ3) is 3.91. The molecule has 1 atom stereocenters. The van der Waals surface area contributed by atoms with Crippen molar-refractivity contribution < 1.29 is 9.59 Å². The van der Waals surface area contributed by atoms with E-state index in [0.29, 0.717) is 0 Å². The number of hydrogen-bond acceptors (Lipinski definition) is 4. The Hall–Kier alpha value is -1.43. The number of amides is 2. The Labute approximate surface area is 141 Å². The molecule has 0 bridgehead atoms. The minimum atomic E-state index is -0.735. The maximum Gasteiger partial charge on any atom is 0.288 e. The molecule has 6 nitrogen and oxygen atoms in total. The van der Waals surface area contributed by atoms with Crippen LogP contribution in [-0.4, -0.2) is 41.2 Å². The molecule has 3 rings (SSSR count). The molecule has 1 N–H and O–H groups in total. The van der Waals surface area contributed by atoms with Crippen LogP contribution in [-0.2, 0) is 9.59 Å². The second-order valence-electron chi connectivity index (χ2n) is 6.58. The van der Waals surface area contributed by atoms with Gasteiger partial charge in [-0.1, -0.05) is 19.3 Å². The summed E-state index contributed by atoms with van der Waals surface area (Å²) in [6.07, 6.45) is 8.95. The summed E-state index contributed by atoms with van der Waals surface area (Å²) >= 11 is 6.11. The zero-order chi connectivity index (χ0) is 16.2. The van der Waals surface area contributed by atoms with Crippen molar-refractivity contribution in [3.8, 4) is 0 Å². The summed E-state index contributed by atoms with van der Waals surface area (Å²) in [7, 11) is 0. The summed E-state index contributed by atoms with van der Waals surface area (Å²) < 4.78 is 0. The fourth-order valence-corrected chi connectivity index (χ4v) is 3.83. The van der Waals surface area contributed by atoms with E-state index in [4.69, 9.17) is 11.6 Å². The van der Waals surface area contributed by atoms with Crippen molar-refractivity contribution in [3.63, 3.8) is 0 Å². The summed E-state index contributed by atoms with van der Waals surface area (Å²) in [5.74, 6) is 0.0178. The van der Waals surface area contributed by atoms with Gasteiger partial charge in [0, 0.05) is 25.0 Å². The second kappa shape index (κ2) is 7.43. The average molecular weight is 339 g/mol. The molecule has 1 saturated heterocycles. The van der Waals surface area contributed by atoms with Crippen molar-refractivity contribution in [1.82, 2.24) is 10.2 Å². The smallest absolute Gasteiger partial charge is 0.288 e. The molecule has 0 radical (unpaired) electrons. The molecule has 23 heavy (non-hydrogen) atoms. The number of carbonyl (C=O) groups excluding carboxylic acids is 2. The van der Waals surface area contributed by atoms with E-state index >= 15 is 0 Å². The monoisotopic (exact) mass is 338 g/mol. The minimum Gasteiger partial charge on any atom is -0.372 e. The molecule has 2 fully saturated rings. The van der Waals surface area contributed by atoms with Gasteiger partial charge in [0.25, 0.3) is 5.91 Å². The molecule has 3 aliphatic rings. The highest BCUT2D eigenvalue weighted by atomic mass is 35.5. The normalized spacial score (nSPS) is 27.0. The van der Waals surface area contributed by atoms with E-state index in [1.165, 1.54) is 19.3 Å². The highest BCUT2D eigenvalue weighted by molar-refractivity contribution is 6.33. The van der Waals surface area contributed by atoms with Gasteiger partial charge in [0.15, 0.2) is 5.38 Å². The standard InChI is InChI=1S/C16H23ClN4O2/c17-14-13(10-18-20-16(14)23)21-8-6-12(7-9-21)19-15(22)11-4-2-1-3-5-11/h10-12,14H,1-9H2,(H,19,22). The van der Waals surface area contributed by atoms with Crippen LogP contribution in [0.2, 0.25) is 0 Å². The van der Waals surface area contributed by atoms with E-state index < -0.39 is 11.3 Å². The van der Waals surface area contributed by atoms with Crippen molar-refractivity contribution in [2.24, 2.45) is 16.1 Å². The van der Waals surface area contributed by atoms with Gasteiger partial charge in [0.1, 0.15) is 0 Å². The Morgan fingerprint density at radius 2 is 1.87 bits per heavy atom. The first-order chi connectivity index (χ1) is 11.1. The quantitative estimate of drug-likeness (QED) is 0.804. The van der Waals surface area contributed by atoms with Gasteiger partial charge in [-0.15, -0.1) is 16.7 Å². The summed E-state index contributed by atoms with van der Waals surface area (Å²) in [4.78, 5) is 25.9. The number of nitrogens with zero attached hydrogens (tertiary/aromatic N) is 3. The molecule has 2 aliphatic heterocycles. The Balaban J connectivity index is 1.48. The fourth-order valence-electron chi connectivity index (χ4n) is 3.60. The highest BCUT2D eigenvalue weighted by Crippen LogP contribution is 2.26. The van der Waals surface area contributed by atoms with Gasteiger partial charge in [-0.3, -0.25) is 9.59 Å². The predicted molar refractivity (Wildman–Crippen MR) is 86.9 cm³/mol. The van der Waals surface area contributed by atoms with Gasteiger partial charge < -0.3 is 10.2 Å². The highest BCUT2D eigenvalue weighted by Gasteiger charge is 2.31. The van der Waals surface area contributed by atoms with Gasteiger partial charge in [0.05, 0.1) is 11.9 Å². The molecule has 0 aromatic rings. The van der Waals surface area contributed by atoms with E-state index in [1.807, 2.05) is 0 Å². The molecule has 1 aliphatic carbocycles. The number of halogens is 1. The number of hydrogen-bond donors (Lipinski definition) is 1. The van der Waals surface area contributed by atoms with Crippen LogP contribution in [0.25, 0.3) is 0 Å². The summed E-state index contributed by atoms with van der Waals surface area (Å²) in [6.45, 7) is 1.54. The van der Waals surface area contributed by atoms with E-state index in [1.54, 1.807) is 6.20 Å². The lowest BCUT2D eigenvalue weighted by Crippen LogP contribution is -2.47. The van der Waals surface area contributed by atoms with Gasteiger partial charge in [-0.2, -0.15) is 5.11 Å². The number of carbonyl (C=O) groups is 2. The molecule has 0 spiro atoms. The molecular weight excluding hydrogens is 316 g/mol. The first kappa shape index (κ1) is 16.4. The SMILES string of the molecule is O=C(NC1CCN(C2=CN=NC(=O)C2Cl)CC1)C1CCCCC1. The van der Waals surface area contributed by atoms with Gasteiger partial charge in [-0.25, -0.2) is 0 Å². The molecular formula is C16H23ClN4O2. The molecule has 0 aromatic carbocycles. The first-order valence-corrected chi connectivity index (χ1v) is 8.93. The Kier molecular flexibility index (Phi) is 5.30. The van der Waals surface area contributed by atoms with Crippen LogP contribution in [0.3, 0.4) is 0 Å². The Morgan fingerprint density at radius 1 is 1.17 bits per heavy atom. The molecule has 2 amide bonds. The summed E-state index contributed by atoms with van der Waals surface area (Å²) in [6, 6.07) is 0.218. The lowest BCUT2D eigenvalue weighted by Gasteiger charge is -2.37. The van der Waals surface area contributed by atoms with Crippen LogP contribution in [0.1, 0.15) is 44.9 Å². The third-order valence-electron chi connectivity index (χ3n) is 5.01. The number of azo groups is 1. The fraction of sp³-hybridized carbons (Fsp3) is 0.750. The number of likely N-dealkylation sites (tertiary alicyclic amines) is 1. The van der Waals surface area contributed by atoms with E-state index in [-0.39, 0.29) is 17.9 Å². The van der Waals surface area contributed by atoms with Gasteiger partial charge >= 0.3 is 0 Å². The molecule has 2 heterocycles. The predicted octanol–water partition coefficient (Wildman–Crippen LogP) is 2.59.